The summed E-state index contributed by atoms with van der Waals surface area (Å²) >= 11 is 0. The predicted octanol–water partition coefficient (Wildman–Crippen LogP) is 3.69. The maximum atomic E-state index is 4.58. The summed E-state index contributed by atoms with van der Waals surface area (Å²) in [5, 5.41) is 4.92. The van der Waals surface area contributed by atoms with Crippen LogP contribution >= 0.6 is 0 Å². The summed E-state index contributed by atoms with van der Waals surface area (Å²) in [4.78, 5) is 4.58. The zero-order valence-corrected chi connectivity index (χ0v) is 10.9. The third kappa shape index (κ3) is 2.39. The lowest BCUT2D eigenvalue weighted by Gasteiger charge is -2.18. The number of pyridine rings is 1. The van der Waals surface area contributed by atoms with Gasteiger partial charge in [0.25, 0.3) is 0 Å². The van der Waals surface area contributed by atoms with E-state index < -0.39 is 0 Å². The van der Waals surface area contributed by atoms with Gasteiger partial charge in [-0.15, -0.1) is 0 Å². The van der Waals surface area contributed by atoms with Gasteiger partial charge in [0, 0.05) is 17.6 Å². The molecule has 94 valence electrons. The van der Waals surface area contributed by atoms with Crippen LogP contribution in [0.15, 0.2) is 36.5 Å². The molecule has 1 fully saturated rings. The summed E-state index contributed by atoms with van der Waals surface area (Å²) in [6.45, 7) is 3.31. The van der Waals surface area contributed by atoms with Crippen LogP contribution in [0.25, 0.3) is 10.9 Å². The first-order chi connectivity index (χ1) is 8.88. The van der Waals surface area contributed by atoms with E-state index in [0.29, 0.717) is 6.04 Å². The maximum absolute atomic E-state index is 4.58. The normalized spacial score (nSPS) is 16.9. The van der Waals surface area contributed by atoms with Crippen molar-refractivity contribution < 1.29 is 0 Å². The number of hydrogen-bond donors (Lipinski definition) is 1. The summed E-state index contributed by atoms with van der Waals surface area (Å²) in [5.41, 5.74) is 2.44. The van der Waals surface area contributed by atoms with E-state index in [0.717, 1.165) is 18.0 Å². The lowest BCUT2D eigenvalue weighted by molar-refractivity contribution is 0.480. The Kier molecular flexibility index (Phi) is 3.28. The van der Waals surface area contributed by atoms with Crippen molar-refractivity contribution in [3.8, 4) is 0 Å². The van der Waals surface area contributed by atoms with Crippen molar-refractivity contribution in [1.29, 1.82) is 0 Å². The molecule has 0 amide bonds. The van der Waals surface area contributed by atoms with Gasteiger partial charge in [0.2, 0.25) is 0 Å². The molecule has 0 aliphatic heterocycles. The third-order valence-corrected chi connectivity index (χ3v) is 3.68. The monoisotopic (exact) mass is 240 g/mol. The van der Waals surface area contributed by atoms with E-state index in [9.17, 15) is 0 Å². The Balaban J connectivity index is 1.90. The Bertz CT molecular complexity index is 531. The lowest BCUT2D eigenvalue weighted by Crippen LogP contribution is -2.23. The number of nitrogens with one attached hydrogen (secondary N) is 1. The van der Waals surface area contributed by atoms with Crippen molar-refractivity contribution in [1.82, 2.24) is 10.3 Å². The molecule has 18 heavy (non-hydrogen) atoms. The highest BCUT2D eigenvalue weighted by Crippen LogP contribution is 2.41. The second kappa shape index (κ2) is 5.07. The Morgan fingerprint density at radius 2 is 2.17 bits per heavy atom. The van der Waals surface area contributed by atoms with E-state index in [-0.39, 0.29) is 0 Å². The fraction of sp³-hybridized carbons (Fsp3) is 0.438. The van der Waals surface area contributed by atoms with Gasteiger partial charge in [0.15, 0.2) is 0 Å². The molecule has 1 atom stereocenters. The first-order valence-electron chi connectivity index (χ1n) is 6.96. The van der Waals surface area contributed by atoms with Crippen LogP contribution in [-0.4, -0.2) is 11.5 Å². The van der Waals surface area contributed by atoms with Crippen molar-refractivity contribution in [3.63, 3.8) is 0 Å². The quantitative estimate of drug-likeness (QED) is 0.862. The average Bonchev–Trinajstić information content (AvgIpc) is 3.24. The van der Waals surface area contributed by atoms with Crippen LogP contribution in [0, 0.1) is 5.92 Å². The van der Waals surface area contributed by atoms with Gasteiger partial charge in [0.05, 0.1) is 5.52 Å². The van der Waals surface area contributed by atoms with Gasteiger partial charge in [-0.05, 0) is 49.4 Å². The number of rotatable bonds is 5. The molecule has 0 spiro atoms. The molecule has 2 aromatic rings. The molecular weight excluding hydrogens is 220 g/mol. The molecule has 0 radical (unpaired) electrons. The van der Waals surface area contributed by atoms with E-state index in [1.54, 1.807) is 0 Å². The number of para-hydroxylation sites is 1. The molecule has 1 aromatic heterocycles. The topological polar surface area (TPSA) is 24.9 Å². The summed E-state index contributed by atoms with van der Waals surface area (Å²) in [7, 11) is 0. The second-order valence-corrected chi connectivity index (χ2v) is 5.23. The minimum Gasteiger partial charge on any atom is -0.310 e. The molecule has 1 aliphatic rings. The van der Waals surface area contributed by atoms with E-state index in [4.69, 9.17) is 0 Å². The molecule has 1 saturated carbocycles. The van der Waals surface area contributed by atoms with Gasteiger partial charge in [-0.3, -0.25) is 4.98 Å². The van der Waals surface area contributed by atoms with E-state index in [2.05, 4.69) is 41.5 Å². The number of fused-ring (bicyclic) bond motifs is 1. The van der Waals surface area contributed by atoms with Crippen molar-refractivity contribution in [2.24, 2.45) is 5.92 Å². The van der Waals surface area contributed by atoms with Crippen LogP contribution in [0.1, 0.15) is 37.8 Å². The molecule has 1 aromatic carbocycles. The zero-order chi connectivity index (χ0) is 12.4. The van der Waals surface area contributed by atoms with Crippen molar-refractivity contribution in [2.75, 3.05) is 6.54 Å². The molecule has 1 unspecified atom stereocenters. The summed E-state index contributed by atoms with van der Waals surface area (Å²) in [6, 6.07) is 11.2. The smallest absolute Gasteiger partial charge is 0.0702 e. The third-order valence-electron chi connectivity index (χ3n) is 3.68. The van der Waals surface area contributed by atoms with Crippen LogP contribution in [-0.2, 0) is 0 Å². The van der Waals surface area contributed by atoms with Gasteiger partial charge in [0.1, 0.15) is 0 Å². The van der Waals surface area contributed by atoms with Crippen LogP contribution in [0.2, 0.25) is 0 Å². The molecule has 1 aliphatic carbocycles. The first-order valence-corrected chi connectivity index (χ1v) is 6.96. The van der Waals surface area contributed by atoms with E-state index >= 15 is 0 Å². The van der Waals surface area contributed by atoms with E-state index in [1.807, 2.05) is 12.3 Å². The average molecular weight is 240 g/mol. The number of aromatic nitrogens is 1. The number of benzene rings is 1. The SMILES string of the molecule is CCCNC(c1cnc2ccccc2c1)C1CC1. The van der Waals surface area contributed by atoms with Crippen LogP contribution in [0.4, 0.5) is 0 Å². The highest BCUT2D eigenvalue weighted by molar-refractivity contribution is 5.78. The number of nitrogens with zero attached hydrogens (tertiary/aromatic N) is 1. The van der Waals surface area contributed by atoms with Crippen LogP contribution < -0.4 is 5.32 Å². The second-order valence-electron chi connectivity index (χ2n) is 5.23. The highest BCUT2D eigenvalue weighted by atomic mass is 14.9. The Hall–Kier alpha value is -1.41. The van der Waals surface area contributed by atoms with Gasteiger partial charge in [-0.2, -0.15) is 0 Å². The molecular formula is C16H20N2. The van der Waals surface area contributed by atoms with Crippen molar-refractivity contribution >= 4 is 10.9 Å². The summed E-state index contributed by atoms with van der Waals surface area (Å²) in [5.74, 6) is 0.819. The van der Waals surface area contributed by atoms with Crippen molar-refractivity contribution in [2.45, 2.75) is 32.2 Å². The van der Waals surface area contributed by atoms with Crippen LogP contribution in [0.3, 0.4) is 0 Å². The van der Waals surface area contributed by atoms with Gasteiger partial charge < -0.3 is 5.32 Å². The van der Waals surface area contributed by atoms with Gasteiger partial charge >= 0.3 is 0 Å². The molecule has 2 heteroatoms. The summed E-state index contributed by atoms with van der Waals surface area (Å²) in [6.07, 6.45) is 5.95. The first kappa shape index (κ1) is 11.7. The maximum Gasteiger partial charge on any atom is 0.0702 e. The fourth-order valence-corrected chi connectivity index (χ4v) is 2.54. The Labute approximate surface area is 108 Å². The minimum absolute atomic E-state index is 0.502. The zero-order valence-electron chi connectivity index (χ0n) is 10.9. The predicted molar refractivity (Wildman–Crippen MR) is 75.5 cm³/mol. The minimum atomic E-state index is 0.502. The van der Waals surface area contributed by atoms with Crippen LogP contribution in [0.5, 0.6) is 0 Å². The van der Waals surface area contributed by atoms with Gasteiger partial charge in [-0.25, -0.2) is 0 Å². The molecule has 1 heterocycles. The molecule has 1 N–H and O–H groups in total. The molecule has 0 bridgehead atoms. The van der Waals surface area contributed by atoms with E-state index in [1.165, 1.54) is 30.2 Å². The highest BCUT2D eigenvalue weighted by Gasteiger charge is 2.31. The van der Waals surface area contributed by atoms with Gasteiger partial charge in [-0.1, -0.05) is 25.1 Å². The number of hydrogen-bond acceptors (Lipinski definition) is 2. The molecule has 3 rings (SSSR count). The van der Waals surface area contributed by atoms with Crippen molar-refractivity contribution in [3.05, 3.63) is 42.1 Å². The summed E-state index contributed by atoms with van der Waals surface area (Å²) < 4.78 is 0. The fourth-order valence-electron chi connectivity index (χ4n) is 2.54. The Morgan fingerprint density at radius 3 is 2.94 bits per heavy atom. The Morgan fingerprint density at radius 1 is 1.33 bits per heavy atom. The lowest BCUT2D eigenvalue weighted by atomic mass is 10.0. The molecule has 0 saturated heterocycles. The standard InChI is InChI=1S/C16H20N2/c1-2-9-17-16(12-7-8-12)14-10-13-5-3-4-6-15(13)18-11-14/h3-6,10-12,16-17H,2,7-9H2,1H3. The largest absolute Gasteiger partial charge is 0.310 e. The molecule has 2 nitrogen and oxygen atoms in total.